The van der Waals surface area contributed by atoms with Crippen LogP contribution in [0.25, 0.3) is 0 Å². The molecular formula is C21H27IN4O3. The number of rotatable bonds is 8. The summed E-state index contributed by atoms with van der Waals surface area (Å²) >= 11 is 0. The summed E-state index contributed by atoms with van der Waals surface area (Å²) in [5.41, 5.74) is 6.79. The van der Waals surface area contributed by atoms with Crippen LogP contribution in [0.3, 0.4) is 0 Å². The zero-order valence-corrected chi connectivity index (χ0v) is 18.7. The van der Waals surface area contributed by atoms with Gasteiger partial charge in [0.15, 0.2) is 5.96 Å². The molecule has 4 N–H and O–H groups in total. The number of carbonyl (C=O) groups excluding carboxylic acids is 1. The molecule has 1 aliphatic rings. The van der Waals surface area contributed by atoms with Gasteiger partial charge >= 0.3 is 6.09 Å². The molecule has 7 nitrogen and oxygen atoms in total. The third-order valence-corrected chi connectivity index (χ3v) is 4.31. The number of nitrogens with zero attached hydrogens (tertiary/aromatic N) is 1. The predicted molar refractivity (Wildman–Crippen MR) is 125 cm³/mol. The topological polar surface area (TPSA) is 98.0 Å². The van der Waals surface area contributed by atoms with Crippen LogP contribution in [0.15, 0.2) is 59.6 Å². The summed E-state index contributed by atoms with van der Waals surface area (Å²) in [6.07, 6.45) is 1.75. The fraction of sp³-hybridized carbons (Fsp3) is 0.333. The highest BCUT2D eigenvalue weighted by molar-refractivity contribution is 14.0. The third-order valence-electron chi connectivity index (χ3n) is 4.31. The van der Waals surface area contributed by atoms with Crippen LogP contribution < -0.4 is 21.1 Å². The van der Waals surface area contributed by atoms with E-state index in [1.54, 1.807) is 6.92 Å². The number of hydrogen-bond donors (Lipinski definition) is 3. The largest absolute Gasteiger partial charge is 0.457 e. The number of ether oxygens (including phenoxy) is 2. The number of halogens is 1. The Kier molecular flexibility index (Phi) is 9.04. The predicted octanol–water partition coefficient (Wildman–Crippen LogP) is 4.35. The fourth-order valence-corrected chi connectivity index (χ4v) is 2.78. The van der Waals surface area contributed by atoms with E-state index >= 15 is 0 Å². The van der Waals surface area contributed by atoms with Gasteiger partial charge in [0.25, 0.3) is 0 Å². The van der Waals surface area contributed by atoms with Crippen molar-refractivity contribution in [2.75, 3.05) is 18.5 Å². The monoisotopic (exact) mass is 510 g/mol. The van der Waals surface area contributed by atoms with Crippen LogP contribution in [0.1, 0.15) is 19.8 Å². The average molecular weight is 510 g/mol. The molecule has 0 aliphatic heterocycles. The van der Waals surface area contributed by atoms with Gasteiger partial charge in [0.05, 0.1) is 19.2 Å². The lowest BCUT2D eigenvalue weighted by Gasteiger charge is -2.16. The molecule has 0 spiro atoms. The molecule has 29 heavy (non-hydrogen) atoms. The Morgan fingerprint density at radius 3 is 2.59 bits per heavy atom. The number of carbonyl (C=O) groups is 1. The quantitative estimate of drug-likeness (QED) is 0.279. The molecule has 2 aromatic carbocycles. The van der Waals surface area contributed by atoms with Gasteiger partial charge in [-0.15, -0.1) is 24.0 Å². The maximum absolute atomic E-state index is 11.7. The second-order valence-electron chi connectivity index (χ2n) is 6.60. The molecule has 0 radical (unpaired) electrons. The van der Waals surface area contributed by atoms with Crippen molar-refractivity contribution in [3.63, 3.8) is 0 Å². The number of hydrogen-bond acceptors (Lipinski definition) is 4. The molecule has 8 heteroatoms. The fourth-order valence-electron chi connectivity index (χ4n) is 2.78. The second-order valence-corrected chi connectivity index (χ2v) is 6.60. The zero-order chi connectivity index (χ0) is 19.8. The van der Waals surface area contributed by atoms with Gasteiger partial charge in [-0.25, -0.2) is 4.79 Å². The first-order valence-electron chi connectivity index (χ1n) is 9.47. The Labute approximate surface area is 188 Å². The molecule has 1 aliphatic carbocycles. The van der Waals surface area contributed by atoms with Gasteiger partial charge in [-0.3, -0.25) is 4.99 Å². The van der Waals surface area contributed by atoms with E-state index in [9.17, 15) is 4.79 Å². The summed E-state index contributed by atoms with van der Waals surface area (Å²) < 4.78 is 10.8. The van der Waals surface area contributed by atoms with E-state index in [0.717, 1.165) is 24.3 Å². The first-order chi connectivity index (χ1) is 13.6. The maximum atomic E-state index is 11.7. The summed E-state index contributed by atoms with van der Waals surface area (Å²) in [6, 6.07) is 17.0. The molecule has 1 atom stereocenters. The maximum Gasteiger partial charge on any atom is 0.407 e. The van der Waals surface area contributed by atoms with Crippen LogP contribution in [-0.4, -0.2) is 31.2 Å². The number of amides is 1. The Morgan fingerprint density at radius 2 is 1.90 bits per heavy atom. The van der Waals surface area contributed by atoms with Crippen LogP contribution >= 0.6 is 24.0 Å². The molecule has 1 saturated carbocycles. The SMILES string of the molecule is CCOC(=O)NC(CN=C(N)Nc1cccc(Oc2ccccc2)c1)C1CC1.I. The Morgan fingerprint density at radius 1 is 1.17 bits per heavy atom. The number of nitrogens with one attached hydrogen (secondary N) is 2. The van der Waals surface area contributed by atoms with Crippen molar-refractivity contribution < 1.29 is 14.3 Å². The smallest absolute Gasteiger partial charge is 0.407 e. The molecule has 156 valence electrons. The minimum absolute atomic E-state index is 0. The van der Waals surface area contributed by atoms with Crippen molar-refractivity contribution in [1.82, 2.24) is 5.32 Å². The van der Waals surface area contributed by atoms with Gasteiger partial charge in [0, 0.05) is 11.8 Å². The number of para-hydroxylation sites is 1. The van der Waals surface area contributed by atoms with Gasteiger partial charge in [0.2, 0.25) is 0 Å². The molecule has 1 fully saturated rings. The normalized spacial score (nSPS) is 14.3. The van der Waals surface area contributed by atoms with E-state index in [0.29, 0.717) is 24.8 Å². The molecule has 1 unspecified atom stereocenters. The molecule has 2 aromatic rings. The molecule has 0 saturated heterocycles. The molecule has 3 rings (SSSR count). The highest BCUT2D eigenvalue weighted by Gasteiger charge is 2.32. The second kappa shape index (κ2) is 11.5. The highest BCUT2D eigenvalue weighted by Crippen LogP contribution is 2.32. The van der Waals surface area contributed by atoms with E-state index in [2.05, 4.69) is 15.6 Å². The van der Waals surface area contributed by atoms with Crippen molar-refractivity contribution in [2.45, 2.75) is 25.8 Å². The number of aliphatic imine (C=N–C) groups is 1. The van der Waals surface area contributed by atoms with Crippen LogP contribution in [0.2, 0.25) is 0 Å². The van der Waals surface area contributed by atoms with E-state index in [4.69, 9.17) is 15.2 Å². The van der Waals surface area contributed by atoms with Crippen molar-refractivity contribution >= 4 is 41.7 Å². The lowest BCUT2D eigenvalue weighted by atomic mass is 10.2. The number of nitrogens with two attached hydrogens (primary N) is 1. The van der Waals surface area contributed by atoms with Gasteiger partial charge < -0.3 is 25.8 Å². The minimum Gasteiger partial charge on any atom is -0.457 e. The van der Waals surface area contributed by atoms with Gasteiger partial charge in [0.1, 0.15) is 11.5 Å². The Hall–Kier alpha value is -2.49. The van der Waals surface area contributed by atoms with Crippen molar-refractivity contribution in [3.05, 3.63) is 54.6 Å². The van der Waals surface area contributed by atoms with Crippen molar-refractivity contribution in [2.24, 2.45) is 16.6 Å². The lowest BCUT2D eigenvalue weighted by molar-refractivity contribution is 0.147. The van der Waals surface area contributed by atoms with E-state index < -0.39 is 6.09 Å². The summed E-state index contributed by atoms with van der Waals surface area (Å²) in [5, 5.41) is 5.93. The van der Waals surface area contributed by atoms with Gasteiger partial charge in [-0.1, -0.05) is 24.3 Å². The molecule has 1 amide bonds. The first-order valence-corrected chi connectivity index (χ1v) is 9.47. The first kappa shape index (κ1) is 22.8. The Balaban J connectivity index is 0.00000300. The molecule has 0 heterocycles. The summed E-state index contributed by atoms with van der Waals surface area (Å²) in [5.74, 6) is 2.18. The van der Waals surface area contributed by atoms with E-state index in [1.165, 1.54) is 0 Å². The highest BCUT2D eigenvalue weighted by atomic mass is 127. The molecule has 0 aromatic heterocycles. The average Bonchev–Trinajstić information content (AvgIpc) is 3.52. The summed E-state index contributed by atoms with van der Waals surface area (Å²) in [7, 11) is 0. The number of benzene rings is 2. The Bertz CT molecular complexity index is 813. The van der Waals surface area contributed by atoms with Crippen LogP contribution in [-0.2, 0) is 4.74 Å². The zero-order valence-electron chi connectivity index (χ0n) is 16.3. The van der Waals surface area contributed by atoms with E-state index in [1.807, 2.05) is 54.6 Å². The summed E-state index contributed by atoms with van der Waals surface area (Å²) in [6.45, 7) is 2.53. The van der Waals surface area contributed by atoms with Crippen molar-refractivity contribution in [1.29, 1.82) is 0 Å². The van der Waals surface area contributed by atoms with Gasteiger partial charge in [-0.2, -0.15) is 0 Å². The number of alkyl carbamates (subject to hydrolysis) is 1. The van der Waals surface area contributed by atoms with Crippen LogP contribution in [0.5, 0.6) is 11.5 Å². The van der Waals surface area contributed by atoms with Crippen LogP contribution in [0, 0.1) is 5.92 Å². The number of anilines is 1. The number of guanidine groups is 1. The standard InChI is InChI=1S/C21H26N4O3.HI/c1-2-27-21(26)25-19(15-11-12-15)14-23-20(22)24-16-7-6-10-18(13-16)28-17-8-4-3-5-9-17;/h3-10,13,15,19H,2,11-12,14H2,1H3,(H,25,26)(H3,22,23,24);1H. The molecular weight excluding hydrogens is 483 g/mol. The van der Waals surface area contributed by atoms with Crippen molar-refractivity contribution in [3.8, 4) is 11.5 Å². The lowest BCUT2D eigenvalue weighted by Crippen LogP contribution is -2.39. The van der Waals surface area contributed by atoms with Gasteiger partial charge in [-0.05, 0) is 49.9 Å². The summed E-state index contributed by atoms with van der Waals surface area (Å²) in [4.78, 5) is 16.0. The van der Waals surface area contributed by atoms with Crippen LogP contribution in [0.4, 0.5) is 10.5 Å². The third kappa shape index (κ3) is 7.80. The van der Waals surface area contributed by atoms with E-state index in [-0.39, 0.29) is 36.0 Å². The molecule has 0 bridgehead atoms. The minimum atomic E-state index is -0.410.